The van der Waals surface area contributed by atoms with Crippen molar-refractivity contribution in [1.82, 2.24) is 9.36 Å². The van der Waals surface area contributed by atoms with E-state index in [2.05, 4.69) is 9.98 Å². The summed E-state index contributed by atoms with van der Waals surface area (Å²) < 4.78 is 3.70. The van der Waals surface area contributed by atoms with E-state index >= 15 is 0 Å². The second kappa shape index (κ2) is 10.5. The molecule has 0 aliphatic heterocycles. The third-order valence-corrected chi connectivity index (χ3v) is 5.16. The first-order valence-electron chi connectivity index (χ1n) is 10.0. The molecule has 3 aromatic carbocycles. The van der Waals surface area contributed by atoms with Crippen molar-refractivity contribution in [1.29, 1.82) is 0 Å². The minimum Gasteiger partial charge on any atom is -0.871 e. The van der Waals surface area contributed by atoms with Gasteiger partial charge < -0.3 is 10.2 Å². The molecule has 1 heterocycles. The Morgan fingerprint density at radius 2 is 1.62 bits per heavy atom. The molecule has 0 atom stereocenters. The minimum absolute atomic E-state index is 0. The fourth-order valence-electron chi connectivity index (χ4n) is 3.39. The third kappa shape index (κ3) is 4.94. The summed E-state index contributed by atoms with van der Waals surface area (Å²) in [5.41, 5.74) is 2.70. The van der Waals surface area contributed by atoms with Gasteiger partial charge in [-0.05, 0) is 42.5 Å². The summed E-state index contributed by atoms with van der Waals surface area (Å²) in [6, 6.07) is 19.7. The summed E-state index contributed by atoms with van der Waals surface area (Å²) in [5.74, 6) is -0.918. The number of hydrogen-bond acceptors (Lipinski definition) is 6. The van der Waals surface area contributed by atoms with Crippen molar-refractivity contribution in [3.8, 4) is 17.2 Å². The van der Waals surface area contributed by atoms with Gasteiger partial charge in [0, 0.05) is 19.3 Å². The second-order valence-corrected chi connectivity index (χ2v) is 7.25. The molecule has 0 aliphatic rings. The summed E-state index contributed by atoms with van der Waals surface area (Å²) in [6.07, 6.45) is 1.45. The van der Waals surface area contributed by atoms with Crippen molar-refractivity contribution in [2.45, 2.75) is 6.92 Å². The summed E-state index contributed by atoms with van der Waals surface area (Å²) in [7, 11) is 1.85. The zero-order valence-corrected chi connectivity index (χ0v) is 24.1. The Bertz CT molecular complexity index is 1440. The van der Waals surface area contributed by atoms with Gasteiger partial charge in [0.25, 0.3) is 5.69 Å². The molecule has 0 unspecified atom stereocenters. The Hall–Kier alpha value is -3.72. The van der Waals surface area contributed by atoms with Crippen LogP contribution in [0.3, 0.4) is 0 Å². The van der Waals surface area contributed by atoms with Crippen LogP contribution in [0.5, 0.6) is 11.5 Å². The van der Waals surface area contributed by atoms with Gasteiger partial charge in [-0.15, -0.1) is 0 Å². The number of nitro groups is 1. The van der Waals surface area contributed by atoms with Crippen molar-refractivity contribution in [2.75, 3.05) is 0 Å². The molecule has 0 amide bonds. The van der Waals surface area contributed by atoms with E-state index < -0.39 is 16.4 Å². The summed E-state index contributed by atoms with van der Waals surface area (Å²) in [6.45, 7) is 1.86. The van der Waals surface area contributed by atoms with Crippen LogP contribution in [0.2, 0.25) is 0 Å². The summed E-state index contributed by atoms with van der Waals surface area (Å²) >= 11 is 0. The average molecular weight is 642 g/mol. The molecule has 0 aliphatic carbocycles. The maximum absolute atomic E-state index is 12.3. The van der Waals surface area contributed by atoms with E-state index in [4.69, 9.17) is 0 Å². The molecule has 4 aromatic rings. The first kappa shape index (κ1) is 24.9. The SMILES string of the molecule is Cc1c(N=Cc2ccc([N+](=O)[O-])c([O-])c2)c(=Nc2ccccc2[O-])n(-c2ccccc2)n1C.[Hg+2]. The summed E-state index contributed by atoms with van der Waals surface area (Å²) in [5, 5.41) is 35.2. The first-order valence-corrected chi connectivity index (χ1v) is 10.0. The van der Waals surface area contributed by atoms with Crippen LogP contribution in [0, 0.1) is 17.0 Å². The molecule has 0 N–H and O–H groups in total. The van der Waals surface area contributed by atoms with Gasteiger partial charge in [0.05, 0.1) is 22.0 Å². The Morgan fingerprint density at radius 1 is 0.941 bits per heavy atom. The van der Waals surface area contributed by atoms with Crippen LogP contribution in [0.25, 0.3) is 5.69 Å². The van der Waals surface area contributed by atoms with Crippen LogP contribution >= 0.6 is 0 Å². The molecule has 34 heavy (non-hydrogen) atoms. The van der Waals surface area contributed by atoms with Gasteiger partial charge in [-0.25, -0.2) is 9.67 Å². The van der Waals surface area contributed by atoms with Crippen LogP contribution in [-0.4, -0.2) is 20.5 Å². The number of benzene rings is 3. The standard InChI is InChI=1S/C24H21N5O4.Hg/c1-16-23(25-15-17-12-13-20(29(32)33)22(31)14-17)24(26-19-10-6-7-11-21(19)30)28(27(16)2)18-8-4-3-5-9-18;/h3-15,30-31H,1-2H3;/q;+2/p-2. The molecule has 1 aromatic heterocycles. The Kier molecular flexibility index (Phi) is 7.67. The van der Waals surface area contributed by atoms with Gasteiger partial charge in [-0.1, -0.05) is 48.2 Å². The fraction of sp³-hybridized carbons (Fsp3) is 0.0833. The van der Waals surface area contributed by atoms with E-state index in [9.17, 15) is 20.3 Å². The Morgan fingerprint density at radius 3 is 2.26 bits per heavy atom. The molecule has 4 rings (SSSR count). The second-order valence-electron chi connectivity index (χ2n) is 7.25. The van der Waals surface area contributed by atoms with Crippen LogP contribution in [0.15, 0.2) is 82.8 Å². The Labute approximate surface area is 215 Å². The average Bonchev–Trinajstić information content (AvgIpc) is 3.03. The molecular weight excluding hydrogens is 623 g/mol. The predicted molar refractivity (Wildman–Crippen MR) is 120 cm³/mol. The fourth-order valence-corrected chi connectivity index (χ4v) is 3.39. The normalized spacial score (nSPS) is 11.5. The molecule has 9 nitrogen and oxygen atoms in total. The molecule has 0 saturated carbocycles. The van der Waals surface area contributed by atoms with Crippen LogP contribution in [-0.2, 0) is 34.7 Å². The van der Waals surface area contributed by atoms with E-state index in [-0.39, 0.29) is 39.1 Å². The Balaban J connectivity index is 0.00000324. The van der Waals surface area contributed by atoms with Gasteiger partial charge in [-0.3, -0.25) is 19.8 Å². The van der Waals surface area contributed by atoms with Gasteiger partial charge in [0.2, 0.25) is 0 Å². The van der Waals surface area contributed by atoms with Crippen molar-refractivity contribution >= 4 is 23.3 Å². The smallest absolute Gasteiger partial charge is 0.871 e. The topological polar surface area (TPSA) is 124 Å². The predicted octanol–water partition coefficient (Wildman–Crippen LogP) is 3.16. The molecular formula is C24H19HgN5O4. The number of hydrogen-bond donors (Lipinski definition) is 0. The largest absolute Gasteiger partial charge is 2.00 e. The zero-order valence-electron chi connectivity index (χ0n) is 18.6. The van der Waals surface area contributed by atoms with Crippen molar-refractivity contribution in [3.63, 3.8) is 0 Å². The number of rotatable bonds is 5. The third-order valence-electron chi connectivity index (χ3n) is 5.16. The minimum atomic E-state index is -0.718. The molecule has 0 fully saturated rings. The maximum Gasteiger partial charge on any atom is 2.00 e. The van der Waals surface area contributed by atoms with Crippen molar-refractivity contribution in [3.05, 3.63) is 99.7 Å². The molecule has 0 spiro atoms. The molecule has 10 heteroatoms. The molecule has 0 radical (unpaired) electrons. The number of aromatic nitrogens is 2. The van der Waals surface area contributed by atoms with E-state index in [1.165, 1.54) is 18.3 Å². The number of aliphatic imine (C=N–C) groups is 1. The van der Waals surface area contributed by atoms with E-state index in [0.717, 1.165) is 23.5 Å². The first-order chi connectivity index (χ1) is 15.9. The van der Waals surface area contributed by atoms with E-state index in [1.807, 2.05) is 53.7 Å². The number of nitro benzene ring substituents is 1. The zero-order chi connectivity index (χ0) is 23.5. The van der Waals surface area contributed by atoms with Gasteiger partial charge in [0.15, 0.2) is 5.49 Å². The van der Waals surface area contributed by atoms with E-state index in [0.29, 0.717) is 16.7 Å². The van der Waals surface area contributed by atoms with Crippen molar-refractivity contribution in [2.24, 2.45) is 17.0 Å². The number of nitrogens with zero attached hydrogens (tertiary/aromatic N) is 5. The molecule has 166 valence electrons. The van der Waals surface area contributed by atoms with Gasteiger partial charge >= 0.3 is 27.7 Å². The molecule has 0 bridgehead atoms. The van der Waals surface area contributed by atoms with Crippen LogP contribution in [0.4, 0.5) is 17.1 Å². The molecule has 0 saturated heterocycles. The summed E-state index contributed by atoms with van der Waals surface area (Å²) in [4.78, 5) is 19.4. The van der Waals surface area contributed by atoms with Gasteiger partial charge in [-0.2, -0.15) is 0 Å². The van der Waals surface area contributed by atoms with Crippen LogP contribution in [0.1, 0.15) is 11.3 Å². The monoisotopic (exact) mass is 643 g/mol. The number of para-hydroxylation sites is 3. The van der Waals surface area contributed by atoms with E-state index in [1.54, 1.807) is 18.2 Å². The van der Waals surface area contributed by atoms with Gasteiger partial charge in [0.1, 0.15) is 5.69 Å². The van der Waals surface area contributed by atoms with Crippen LogP contribution < -0.4 is 15.7 Å². The van der Waals surface area contributed by atoms with Crippen molar-refractivity contribution < 1.29 is 42.8 Å². The quantitative estimate of drug-likeness (QED) is 0.144. The maximum atomic E-state index is 12.3.